The van der Waals surface area contributed by atoms with Crippen molar-refractivity contribution in [1.29, 1.82) is 0 Å². The molecular formula is C15H16ClN3O2. The molecule has 0 spiro atoms. The lowest BCUT2D eigenvalue weighted by molar-refractivity contribution is 0.274. The maximum atomic E-state index is 6.55. The molecule has 6 heteroatoms. The monoisotopic (exact) mass is 305 g/mol. The quantitative estimate of drug-likeness (QED) is 0.849. The van der Waals surface area contributed by atoms with Crippen LogP contribution in [0, 0.1) is 0 Å². The summed E-state index contributed by atoms with van der Waals surface area (Å²) >= 11 is 6.55. The van der Waals surface area contributed by atoms with Gasteiger partial charge in [0.1, 0.15) is 17.3 Å². The standard InChI is InChI=1S/C15H16ClN3O2/c16-13-9-4-2-5-20-14(9)12(10-7-11(17)19-18-10)8-3-1-6-21-15(8)13/h7H,1-6H2,(H3,17,18,19). The van der Waals surface area contributed by atoms with Gasteiger partial charge in [-0.15, -0.1) is 0 Å². The first-order chi connectivity index (χ1) is 10.3. The lowest BCUT2D eigenvalue weighted by Crippen LogP contribution is -2.16. The van der Waals surface area contributed by atoms with Gasteiger partial charge in [0, 0.05) is 22.8 Å². The summed E-state index contributed by atoms with van der Waals surface area (Å²) in [6, 6.07) is 1.83. The average Bonchev–Trinajstić information content (AvgIpc) is 2.94. The lowest BCUT2D eigenvalue weighted by Gasteiger charge is -2.28. The van der Waals surface area contributed by atoms with Gasteiger partial charge in [0.25, 0.3) is 0 Å². The summed E-state index contributed by atoms with van der Waals surface area (Å²) in [4.78, 5) is 0. The molecule has 3 heterocycles. The van der Waals surface area contributed by atoms with Crippen LogP contribution >= 0.6 is 11.6 Å². The van der Waals surface area contributed by atoms with E-state index in [2.05, 4.69) is 10.2 Å². The molecule has 1 aromatic heterocycles. The molecule has 0 bridgehead atoms. The van der Waals surface area contributed by atoms with Gasteiger partial charge in [-0.3, -0.25) is 5.10 Å². The molecular weight excluding hydrogens is 290 g/mol. The van der Waals surface area contributed by atoms with Crippen LogP contribution in [0.1, 0.15) is 24.0 Å². The molecule has 2 aliphatic rings. The average molecular weight is 306 g/mol. The molecule has 0 amide bonds. The van der Waals surface area contributed by atoms with Crippen molar-refractivity contribution < 1.29 is 9.47 Å². The number of rotatable bonds is 1. The maximum absolute atomic E-state index is 6.55. The maximum Gasteiger partial charge on any atom is 0.145 e. The van der Waals surface area contributed by atoms with Crippen molar-refractivity contribution in [2.24, 2.45) is 0 Å². The SMILES string of the molecule is Nc1cc(-c2c3c(c(Cl)c4c2OCCC4)OCCC3)[nH]n1. The van der Waals surface area contributed by atoms with Gasteiger partial charge in [-0.2, -0.15) is 5.10 Å². The highest BCUT2D eigenvalue weighted by Gasteiger charge is 2.29. The normalized spacial score (nSPS) is 16.6. The van der Waals surface area contributed by atoms with E-state index in [1.54, 1.807) is 0 Å². The Labute approximate surface area is 127 Å². The second kappa shape index (κ2) is 4.84. The van der Waals surface area contributed by atoms with E-state index >= 15 is 0 Å². The van der Waals surface area contributed by atoms with E-state index in [9.17, 15) is 0 Å². The predicted molar refractivity (Wildman–Crippen MR) is 81.1 cm³/mol. The zero-order valence-corrected chi connectivity index (χ0v) is 12.3. The van der Waals surface area contributed by atoms with E-state index in [1.165, 1.54) is 0 Å². The smallest absolute Gasteiger partial charge is 0.145 e. The molecule has 0 atom stereocenters. The summed E-state index contributed by atoms with van der Waals surface area (Å²) in [5, 5.41) is 7.73. The van der Waals surface area contributed by atoms with Crippen LogP contribution in [0.5, 0.6) is 11.5 Å². The van der Waals surface area contributed by atoms with Crippen LogP contribution in [0.4, 0.5) is 5.82 Å². The number of ether oxygens (including phenoxy) is 2. The van der Waals surface area contributed by atoms with Gasteiger partial charge in [-0.1, -0.05) is 11.6 Å². The first kappa shape index (κ1) is 12.8. The second-order valence-electron chi connectivity index (χ2n) is 5.41. The largest absolute Gasteiger partial charge is 0.493 e. The fourth-order valence-electron chi connectivity index (χ4n) is 3.14. The predicted octanol–water partition coefficient (Wildman–Crippen LogP) is 2.96. The molecule has 4 rings (SSSR count). The van der Waals surface area contributed by atoms with Gasteiger partial charge < -0.3 is 15.2 Å². The van der Waals surface area contributed by atoms with Crippen molar-refractivity contribution in [3.63, 3.8) is 0 Å². The Morgan fingerprint density at radius 3 is 2.52 bits per heavy atom. The molecule has 2 aromatic rings. The number of hydrogen-bond acceptors (Lipinski definition) is 4. The zero-order valence-electron chi connectivity index (χ0n) is 11.5. The number of nitrogen functional groups attached to an aromatic ring is 1. The van der Waals surface area contributed by atoms with Crippen molar-refractivity contribution in [1.82, 2.24) is 10.2 Å². The summed E-state index contributed by atoms with van der Waals surface area (Å²) in [6.45, 7) is 1.41. The summed E-state index contributed by atoms with van der Waals surface area (Å²) in [5.41, 5.74) is 9.76. The van der Waals surface area contributed by atoms with Gasteiger partial charge in [0.2, 0.25) is 0 Å². The van der Waals surface area contributed by atoms with E-state index in [1.807, 2.05) is 6.07 Å². The number of nitrogens with one attached hydrogen (secondary N) is 1. The number of benzene rings is 1. The highest BCUT2D eigenvalue weighted by Crippen LogP contribution is 2.49. The van der Waals surface area contributed by atoms with Crippen LogP contribution in [0.25, 0.3) is 11.3 Å². The number of halogens is 1. The third-order valence-electron chi connectivity index (χ3n) is 4.04. The molecule has 0 fully saturated rings. The molecule has 5 nitrogen and oxygen atoms in total. The molecule has 3 N–H and O–H groups in total. The Bertz CT molecular complexity index is 674. The minimum Gasteiger partial charge on any atom is -0.493 e. The van der Waals surface area contributed by atoms with Gasteiger partial charge in [0.05, 0.1) is 23.9 Å². The van der Waals surface area contributed by atoms with Crippen molar-refractivity contribution in [3.8, 4) is 22.8 Å². The third kappa shape index (κ3) is 1.95. The van der Waals surface area contributed by atoms with Gasteiger partial charge >= 0.3 is 0 Å². The van der Waals surface area contributed by atoms with Crippen LogP contribution in [-0.4, -0.2) is 23.4 Å². The number of H-pyrrole nitrogens is 1. The second-order valence-corrected chi connectivity index (χ2v) is 5.79. The van der Waals surface area contributed by atoms with Crippen molar-refractivity contribution in [2.45, 2.75) is 25.7 Å². The minimum atomic E-state index is 0.468. The Morgan fingerprint density at radius 2 is 1.81 bits per heavy atom. The molecule has 110 valence electrons. The van der Waals surface area contributed by atoms with Gasteiger partial charge in [0.15, 0.2) is 0 Å². The summed E-state index contributed by atoms with van der Waals surface area (Å²) in [5.74, 6) is 2.13. The first-order valence-electron chi connectivity index (χ1n) is 7.19. The number of nitrogens with zero attached hydrogens (tertiary/aromatic N) is 1. The molecule has 0 saturated carbocycles. The fourth-order valence-corrected chi connectivity index (χ4v) is 3.49. The number of nitrogens with two attached hydrogens (primary N) is 1. The molecule has 21 heavy (non-hydrogen) atoms. The summed E-state index contributed by atoms with van der Waals surface area (Å²) in [7, 11) is 0. The number of aromatic nitrogens is 2. The van der Waals surface area contributed by atoms with E-state index in [4.69, 9.17) is 26.8 Å². The van der Waals surface area contributed by atoms with E-state index in [0.717, 1.165) is 59.6 Å². The Balaban J connectivity index is 2.03. The van der Waals surface area contributed by atoms with Gasteiger partial charge in [-0.05, 0) is 25.7 Å². The first-order valence-corrected chi connectivity index (χ1v) is 7.57. The molecule has 2 aliphatic heterocycles. The van der Waals surface area contributed by atoms with E-state index in [0.29, 0.717) is 24.1 Å². The van der Waals surface area contributed by atoms with Crippen molar-refractivity contribution in [2.75, 3.05) is 18.9 Å². The molecule has 0 aliphatic carbocycles. The van der Waals surface area contributed by atoms with Crippen LogP contribution in [0.3, 0.4) is 0 Å². The minimum absolute atomic E-state index is 0.468. The number of hydrogen-bond donors (Lipinski definition) is 2. The van der Waals surface area contributed by atoms with Crippen molar-refractivity contribution >= 4 is 17.4 Å². The Morgan fingerprint density at radius 1 is 1.10 bits per heavy atom. The Kier molecular flexibility index (Phi) is 2.96. The molecule has 0 saturated heterocycles. The van der Waals surface area contributed by atoms with E-state index in [-0.39, 0.29) is 0 Å². The number of fused-ring (bicyclic) bond motifs is 2. The van der Waals surface area contributed by atoms with Crippen molar-refractivity contribution in [3.05, 3.63) is 22.2 Å². The Hall–Kier alpha value is -1.88. The summed E-state index contributed by atoms with van der Waals surface area (Å²) < 4.78 is 11.8. The van der Waals surface area contributed by atoms with Crippen LogP contribution in [0.2, 0.25) is 5.02 Å². The van der Waals surface area contributed by atoms with Crippen LogP contribution in [0.15, 0.2) is 6.07 Å². The van der Waals surface area contributed by atoms with E-state index < -0.39 is 0 Å². The molecule has 1 aromatic carbocycles. The lowest BCUT2D eigenvalue weighted by atomic mass is 9.91. The highest BCUT2D eigenvalue weighted by molar-refractivity contribution is 6.33. The van der Waals surface area contributed by atoms with Crippen LogP contribution in [-0.2, 0) is 12.8 Å². The molecule has 0 unspecified atom stereocenters. The molecule has 0 radical (unpaired) electrons. The zero-order chi connectivity index (χ0) is 14.4. The number of anilines is 1. The van der Waals surface area contributed by atoms with Gasteiger partial charge in [-0.25, -0.2) is 0 Å². The van der Waals surface area contributed by atoms with Crippen LogP contribution < -0.4 is 15.2 Å². The summed E-state index contributed by atoms with van der Waals surface area (Å²) in [6.07, 6.45) is 3.76. The third-order valence-corrected chi connectivity index (χ3v) is 4.44. The fraction of sp³-hybridized carbons (Fsp3) is 0.400. The topological polar surface area (TPSA) is 73.2 Å². The highest BCUT2D eigenvalue weighted by atomic mass is 35.5. The number of aromatic amines is 1.